The van der Waals surface area contributed by atoms with Crippen LogP contribution in [-0.4, -0.2) is 52.7 Å². The van der Waals surface area contributed by atoms with Gasteiger partial charge in [0.25, 0.3) is 0 Å². The zero-order valence-electron chi connectivity index (χ0n) is 16.3. The molecular formula is C20H32N2O3S. The van der Waals surface area contributed by atoms with Crippen molar-refractivity contribution >= 4 is 10.0 Å². The van der Waals surface area contributed by atoms with Crippen LogP contribution in [0, 0.1) is 26.2 Å². The van der Waals surface area contributed by atoms with E-state index in [0.717, 1.165) is 62.4 Å². The van der Waals surface area contributed by atoms with Gasteiger partial charge in [0.15, 0.2) is 0 Å². The third-order valence-electron chi connectivity index (χ3n) is 6.03. The summed E-state index contributed by atoms with van der Waals surface area (Å²) >= 11 is 0. The van der Waals surface area contributed by atoms with Gasteiger partial charge >= 0.3 is 0 Å². The van der Waals surface area contributed by atoms with E-state index in [0.29, 0.717) is 11.4 Å². The normalized spacial score (nSPS) is 21.2. The molecule has 0 spiro atoms. The van der Waals surface area contributed by atoms with Crippen LogP contribution >= 0.6 is 0 Å². The monoisotopic (exact) mass is 380 g/mol. The standard InChI is InChI=1S/C20H32N2O3S/c1-16-12-18(3)19(13-17(16)2)26(23,24)21-14-20(6-10-25-11-7-20)15-22-8-4-5-9-22/h12-13,21H,4-11,14-15H2,1-3H3. The van der Waals surface area contributed by atoms with Crippen LogP contribution in [0.2, 0.25) is 0 Å². The fourth-order valence-electron chi connectivity index (χ4n) is 4.16. The Morgan fingerprint density at radius 1 is 1.04 bits per heavy atom. The van der Waals surface area contributed by atoms with Crippen LogP contribution in [0.4, 0.5) is 0 Å². The molecule has 0 aliphatic carbocycles. The minimum absolute atomic E-state index is 0.0245. The molecule has 0 saturated carbocycles. The van der Waals surface area contributed by atoms with Gasteiger partial charge < -0.3 is 9.64 Å². The van der Waals surface area contributed by atoms with Gasteiger partial charge in [-0.15, -0.1) is 0 Å². The van der Waals surface area contributed by atoms with Gasteiger partial charge in [0.2, 0.25) is 10.0 Å². The Balaban J connectivity index is 1.76. The summed E-state index contributed by atoms with van der Waals surface area (Å²) in [4.78, 5) is 2.89. The van der Waals surface area contributed by atoms with Crippen LogP contribution < -0.4 is 4.72 Å². The third-order valence-corrected chi connectivity index (χ3v) is 7.57. The number of sulfonamides is 1. The second-order valence-corrected chi connectivity index (χ2v) is 9.86. The summed E-state index contributed by atoms with van der Waals surface area (Å²) in [6, 6.07) is 3.75. The lowest BCUT2D eigenvalue weighted by molar-refractivity contribution is 0.00157. The number of benzene rings is 1. The molecule has 0 unspecified atom stereocenters. The van der Waals surface area contributed by atoms with Crippen molar-refractivity contribution in [2.24, 2.45) is 5.41 Å². The van der Waals surface area contributed by atoms with Crippen LogP contribution in [0.1, 0.15) is 42.4 Å². The number of hydrogen-bond donors (Lipinski definition) is 1. The first kappa shape index (κ1) is 19.8. The van der Waals surface area contributed by atoms with E-state index in [-0.39, 0.29) is 5.41 Å². The van der Waals surface area contributed by atoms with Crippen molar-refractivity contribution in [3.05, 3.63) is 28.8 Å². The van der Waals surface area contributed by atoms with Gasteiger partial charge in [-0.1, -0.05) is 6.07 Å². The molecule has 26 heavy (non-hydrogen) atoms. The van der Waals surface area contributed by atoms with Gasteiger partial charge in [-0.05, 0) is 82.3 Å². The van der Waals surface area contributed by atoms with Crippen LogP contribution in [0.5, 0.6) is 0 Å². The lowest BCUT2D eigenvalue weighted by Crippen LogP contribution is -2.48. The van der Waals surface area contributed by atoms with E-state index in [1.54, 1.807) is 6.07 Å². The van der Waals surface area contributed by atoms with E-state index < -0.39 is 10.0 Å². The molecule has 1 aromatic rings. The Hall–Kier alpha value is -0.950. The lowest BCUT2D eigenvalue weighted by Gasteiger charge is -2.40. The van der Waals surface area contributed by atoms with E-state index >= 15 is 0 Å². The average Bonchev–Trinajstić information content (AvgIpc) is 3.10. The number of hydrogen-bond acceptors (Lipinski definition) is 4. The van der Waals surface area contributed by atoms with Crippen LogP contribution in [0.25, 0.3) is 0 Å². The molecule has 2 aliphatic rings. The van der Waals surface area contributed by atoms with Crippen molar-refractivity contribution in [1.82, 2.24) is 9.62 Å². The molecule has 0 aromatic heterocycles. The van der Waals surface area contributed by atoms with E-state index in [9.17, 15) is 8.42 Å². The van der Waals surface area contributed by atoms with E-state index in [1.165, 1.54) is 12.8 Å². The highest BCUT2D eigenvalue weighted by atomic mass is 32.2. The summed E-state index contributed by atoms with van der Waals surface area (Å²) in [6.07, 6.45) is 4.33. The highest BCUT2D eigenvalue weighted by Crippen LogP contribution is 2.33. The molecule has 2 fully saturated rings. The number of ether oxygens (including phenoxy) is 1. The Morgan fingerprint density at radius 2 is 1.65 bits per heavy atom. The SMILES string of the molecule is Cc1cc(C)c(S(=O)(=O)NCC2(CN3CCCC3)CCOCC2)cc1C. The summed E-state index contributed by atoms with van der Waals surface area (Å²) < 4.78 is 34.5. The van der Waals surface area contributed by atoms with Gasteiger partial charge in [0, 0.05) is 31.7 Å². The number of nitrogens with one attached hydrogen (secondary N) is 1. The number of rotatable bonds is 6. The van der Waals surface area contributed by atoms with E-state index in [4.69, 9.17) is 4.74 Å². The largest absolute Gasteiger partial charge is 0.381 e. The van der Waals surface area contributed by atoms with Gasteiger partial charge in [0.05, 0.1) is 4.90 Å². The van der Waals surface area contributed by atoms with Crippen molar-refractivity contribution in [2.45, 2.75) is 51.3 Å². The fraction of sp³-hybridized carbons (Fsp3) is 0.700. The molecule has 146 valence electrons. The third kappa shape index (κ3) is 4.47. The van der Waals surface area contributed by atoms with Crippen molar-refractivity contribution in [2.75, 3.05) is 39.4 Å². The predicted molar refractivity (Wildman–Crippen MR) is 104 cm³/mol. The highest BCUT2D eigenvalue weighted by Gasteiger charge is 2.36. The zero-order chi connectivity index (χ0) is 18.8. The van der Waals surface area contributed by atoms with Gasteiger partial charge in [0.1, 0.15) is 0 Å². The second-order valence-electron chi connectivity index (χ2n) is 8.12. The van der Waals surface area contributed by atoms with Crippen LogP contribution in [-0.2, 0) is 14.8 Å². The first-order chi connectivity index (χ1) is 12.3. The van der Waals surface area contributed by atoms with Crippen LogP contribution in [0.15, 0.2) is 17.0 Å². The smallest absolute Gasteiger partial charge is 0.240 e. The Morgan fingerprint density at radius 3 is 2.31 bits per heavy atom. The molecule has 6 heteroatoms. The fourth-order valence-corrected chi connectivity index (χ4v) is 5.63. The van der Waals surface area contributed by atoms with Crippen molar-refractivity contribution < 1.29 is 13.2 Å². The summed E-state index contributed by atoms with van der Waals surface area (Å²) in [7, 11) is -3.51. The first-order valence-electron chi connectivity index (χ1n) is 9.69. The molecule has 3 rings (SSSR count). The Kier molecular flexibility index (Phi) is 6.07. The maximum atomic E-state index is 13.0. The Labute approximate surface area is 158 Å². The highest BCUT2D eigenvalue weighted by molar-refractivity contribution is 7.89. The number of likely N-dealkylation sites (tertiary alicyclic amines) is 1. The molecule has 1 N–H and O–H groups in total. The molecular weight excluding hydrogens is 348 g/mol. The van der Waals surface area contributed by atoms with Gasteiger partial charge in [-0.2, -0.15) is 0 Å². The average molecular weight is 381 g/mol. The predicted octanol–water partition coefficient (Wildman–Crippen LogP) is 2.78. The minimum Gasteiger partial charge on any atom is -0.381 e. The van der Waals surface area contributed by atoms with Gasteiger partial charge in [-0.3, -0.25) is 0 Å². The summed E-state index contributed by atoms with van der Waals surface area (Å²) in [5.74, 6) is 0. The molecule has 0 bridgehead atoms. The molecule has 0 atom stereocenters. The summed E-state index contributed by atoms with van der Waals surface area (Å²) in [5, 5.41) is 0. The molecule has 2 aliphatic heterocycles. The zero-order valence-corrected chi connectivity index (χ0v) is 17.1. The molecule has 2 heterocycles. The molecule has 5 nitrogen and oxygen atoms in total. The lowest BCUT2D eigenvalue weighted by atomic mass is 9.80. The minimum atomic E-state index is -3.51. The topological polar surface area (TPSA) is 58.6 Å². The van der Waals surface area contributed by atoms with E-state index in [1.807, 2.05) is 26.8 Å². The maximum absolute atomic E-state index is 13.0. The van der Waals surface area contributed by atoms with Crippen molar-refractivity contribution in [3.8, 4) is 0 Å². The molecule has 1 aromatic carbocycles. The Bertz CT molecular complexity index is 734. The number of aryl methyl sites for hydroxylation is 3. The van der Waals surface area contributed by atoms with E-state index in [2.05, 4.69) is 9.62 Å². The maximum Gasteiger partial charge on any atom is 0.240 e. The second kappa shape index (κ2) is 7.97. The number of nitrogens with zero attached hydrogens (tertiary/aromatic N) is 1. The summed E-state index contributed by atoms with van der Waals surface area (Å²) in [5.41, 5.74) is 2.91. The van der Waals surface area contributed by atoms with Crippen molar-refractivity contribution in [1.29, 1.82) is 0 Å². The van der Waals surface area contributed by atoms with Gasteiger partial charge in [-0.25, -0.2) is 13.1 Å². The molecule has 2 saturated heterocycles. The quantitative estimate of drug-likeness (QED) is 0.824. The summed E-state index contributed by atoms with van der Waals surface area (Å²) in [6.45, 7) is 11.0. The molecule has 0 amide bonds. The van der Waals surface area contributed by atoms with Crippen LogP contribution in [0.3, 0.4) is 0 Å². The molecule has 0 radical (unpaired) electrons. The van der Waals surface area contributed by atoms with Crippen molar-refractivity contribution in [3.63, 3.8) is 0 Å². The first-order valence-corrected chi connectivity index (χ1v) is 11.2.